The number of thiophene rings is 1. The molecule has 2 aromatic heterocycles. The van der Waals surface area contributed by atoms with Crippen molar-refractivity contribution in [3.05, 3.63) is 51.7 Å². The lowest BCUT2D eigenvalue weighted by atomic mass is 10.1. The Morgan fingerprint density at radius 2 is 2.05 bits per heavy atom. The number of anilines is 1. The molecule has 3 aromatic rings. The van der Waals surface area contributed by atoms with Gasteiger partial charge in [-0.15, -0.1) is 11.3 Å². The van der Waals surface area contributed by atoms with Crippen LogP contribution in [0.2, 0.25) is 0 Å². The van der Waals surface area contributed by atoms with E-state index in [2.05, 4.69) is 40.8 Å². The summed E-state index contributed by atoms with van der Waals surface area (Å²) in [6, 6.07) is 9.98. The topological polar surface area (TPSA) is 46.5 Å². The van der Waals surface area contributed by atoms with Gasteiger partial charge in [0.25, 0.3) is 0 Å². The van der Waals surface area contributed by atoms with Crippen molar-refractivity contribution in [2.75, 3.05) is 12.5 Å². The first kappa shape index (κ1) is 14.5. The van der Waals surface area contributed by atoms with E-state index in [0.29, 0.717) is 0 Å². The highest BCUT2D eigenvalue weighted by Gasteiger charge is 2.04. The smallest absolute Gasteiger partial charge is 0.147 e. The summed E-state index contributed by atoms with van der Waals surface area (Å²) in [6.07, 6.45) is 1.83. The molecule has 0 aliphatic rings. The SMILES string of the molecule is COc1ccc2c(C)cc(NN=Cc3sccc3C)nc2c1. The number of pyridine rings is 1. The standard InChI is InChI=1S/C17H17N3OS/c1-11-6-7-22-16(11)10-18-20-17-8-12(2)14-5-4-13(21-3)9-15(14)19-17/h4-10H,1-3H3,(H,19,20). The molecular formula is C17H17N3OS. The molecule has 5 heteroatoms. The minimum Gasteiger partial charge on any atom is -0.497 e. The van der Waals surface area contributed by atoms with Gasteiger partial charge in [-0.05, 0) is 54.6 Å². The molecule has 0 fully saturated rings. The third kappa shape index (κ3) is 2.94. The summed E-state index contributed by atoms with van der Waals surface area (Å²) in [5.74, 6) is 1.53. The van der Waals surface area contributed by atoms with Gasteiger partial charge in [0.2, 0.25) is 0 Å². The van der Waals surface area contributed by atoms with Gasteiger partial charge in [0.15, 0.2) is 0 Å². The molecule has 0 unspecified atom stereocenters. The number of methoxy groups -OCH3 is 1. The van der Waals surface area contributed by atoms with E-state index in [1.165, 1.54) is 5.56 Å². The van der Waals surface area contributed by atoms with E-state index >= 15 is 0 Å². The number of rotatable bonds is 4. The highest BCUT2D eigenvalue weighted by molar-refractivity contribution is 7.11. The Kier molecular flexibility index (Phi) is 4.06. The molecule has 1 aromatic carbocycles. The van der Waals surface area contributed by atoms with Gasteiger partial charge in [-0.1, -0.05) is 0 Å². The number of aromatic nitrogens is 1. The van der Waals surface area contributed by atoms with Gasteiger partial charge in [-0.2, -0.15) is 5.10 Å². The Morgan fingerprint density at radius 1 is 1.18 bits per heavy atom. The van der Waals surface area contributed by atoms with Crippen LogP contribution in [0.25, 0.3) is 10.9 Å². The van der Waals surface area contributed by atoms with Gasteiger partial charge in [0, 0.05) is 16.3 Å². The molecule has 0 radical (unpaired) electrons. The number of hydrogen-bond acceptors (Lipinski definition) is 5. The first-order chi connectivity index (χ1) is 10.7. The predicted molar refractivity (Wildman–Crippen MR) is 93.3 cm³/mol. The number of nitrogens with one attached hydrogen (secondary N) is 1. The Bertz CT molecular complexity index is 839. The highest BCUT2D eigenvalue weighted by Crippen LogP contribution is 2.24. The number of nitrogens with zero attached hydrogens (tertiary/aromatic N) is 2. The summed E-state index contributed by atoms with van der Waals surface area (Å²) in [5.41, 5.74) is 6.27. The molecule has 0 saturated heterocycles. The number of hydrogen-bond donors (Lipinski definition) is 1. The highest BCUT2D eigenvalue weighted by atomic mass is 32.1. The van der Waals surface area contributed by atoms with Crippen molar-refractivity contribution in [2.45, 2.75) is 13.8 Å². The average molecular weight is 311 g/mol. The Morgan fingerprint density at radius 3 is 2.77 bits per heavy atom. The first-order valence-electron chi connectivity index (χ1n) is 6.96. The third-order valence-corrected chi connectivity index (χ3v) is 4.44. The fraction of sp³-hybridized carbons (Fsp3) is 0.176. The molecule has 0 spiro atoms. The normalized spacial score (nSPS) is 11.2. The summed E-state index contributed by atoms with van der Waals surface area (Å²) in [4.78, 5) is 5.73. The maximum Gasteiger partial charge on any atom is 0.147 e. The molecule has 0 saturated carbocycles. The van der Waals surface area contributed by atoms with Crippen LogP contribution in [0.4, 0.5) is 5.82 Å². The predicted octanol–water partition coefficient (Wildman–Crippen LogP) is 4.37. The maximum absolute atomic E-state index is 5.26. The Balaban J connectivity index is 1.87. The summed E-state index contributed by atoms with van der Waals surface area (Å²) in [5, 5.41) is 7.45. The van der Waals surface area contributed by atoms with E-state index in [1.54, 1.807) is 18.4 Å². The lowest BCUT2D eigenvalue weighted by molar-refractivity contribution is 0.415. The molecule has 3 rings (SSSR count). The van der Waals surface area contributed by atoms with Crippen molar-refractivity contribution < 1.29 is 4.74 Å². The maximum atomic E-state index is 5.26. The van der Waals surface area contributed by atoms with Gasteiger partial charge in [0.05, 0.1) is 18.8 Å². The molecule has 0 atom stereocenters. The van der Waals surface area contributed by atoms with Crippen LogP contribution in [-0.2, 0) is 0 Å². The zero-order valence-electron chi connectivity index (χ0n) is 12.8. The van der Waals surface area contributed by atoms with Crippen LogP contribution in [0.5, 0.6) is 5.75 Å². The zero-order chi connectivity index (χ0) is 15.5. The molecule has 4 nitrogen and oxygen atoms in total. The second-order valence-electron chi connectivity index (χ2n) is 5.05. The quantitative estimate of drug-likeness (QED) is 0.575. The van der Waals surface area contributed by atoms with Gasteiger partial charge in [-0.25, -0.2) is 4.98 Å². The molecule has 22 heavy (non-hydrogen) atoms. The summed E-state index contributed by atoms with van der Waals surface area (Å²) < 4.78 is 5.26. The third-order valence-electron chi connectivity index (χ3n) is 3.49. The van der Waals surface area contributed by atoms with Crippen LogP contribution in [0, 0.1) is 13.8 Å². The fourth-order valence-electron chi connectivity index (χ4n) is 2.24. The van der Waals surface area contributed by atoms with E-state index in [-0.39, 0.29) is 0 Å². The minimum atomic E-state index is 0.726. The van der Waals surface area contributed by atoms with E-state index < -0.39 is 0 Å². The van der Waals surface area contributed by atoms with Crippen LogP contribution in [0.3, 0.4) is 0 Å². The molecule has 0 aliphatic heterocycles. The van der Waals surface area contributed by atoms with Crippen molar-refractivity contribution in [1.82, 2.24) is 4.98 Å². The van der Waals surface area contributed by atoms with E-state index in [4.69, 9.17) is 4.74 Å². The number of fused-ring (bicyclic) bond motifs is 1. The van der Waals surface area contributed by atoms with Crippen LogP contribution < -0.4 is 10.2 Å². The van der Waals surface area contributed by atoms with Crippen molar-refractivity contribution in [3.8, 4) is 5.75 Å². The van der Waals surface area contributed by atoms with Crippen LogP contribution >= 0.6 is 11.3 Å². The lowest BCUT2D eigenvalue weighted by Crippen LogP contribution is -1.95. The minimum absolute atomic E-state index is 0.726. The van der Waals surface area contributed by atoms with Gasteiger partial charge < -0.3 is 4.74 Å². The summed E-state index contributed by atoms with van der Waals surface area (Å²) in [6.45, 7) is 4.14. The second-order valence-corrected chi connectivity index (χ2v) is 5.99. The number of benzene rings is 1. The number of aryl methyl sites for hydroxylation is 2. The number of hydrazone groups is 1. The van der Waals surface area contributed by atoms with Gasteiger partial charge in [0.1, 0.15) is 11.6 Å². The molecular weight excluding hydrogens is 294 g/mol. The molecule has 0 aliphatic carbocycles. The molecule has 2 heterocycles. The summed E-state index contributed by atoms with van der Waals surface area (Å²) >= 11 is 1.67. The summed E-state index contributed by atoms with van der Waals surface area (Å²) in [7, 11) is 1.66. The molecule has 0 amide bonds. The van der Waals surface area contributed by atoms with E-state index in [0.717, 1.165) is 32.9 Å². The average Bonchev–Trinajstić information content (AvgIpc) is 2.92. The monoisotopic (exact) mass is 311 g/mol. The Labute approximate surface area is 133 Å². The first-order valence-corrected chi connectivity index (χ1v) is 7.84. The Hall–Kier alpha value is -2.40. The van der Waals surface area contributed by atoms with E-state index in [9.17, 15) is 0 Å². The van der Waals surface area contributed by atoms with Crippen molar-refractivity contribution in [3.63, 3.8) is 0 Å². The van der Waals surface area contributed by atoms with Gasteiger partial charge in [-0.3, -0.25) is 5.43 Å². The van der Waals surface area contributed by atoms with E-state index in [1.807, 2.05) is 30.5 Å². The lowest BCUT2D eigenvalue weighted by Gasteiger charge is -2.07. The van der Waals surface area contributed by atoms with Crippen molar-refractivity contribution in [2.24, 2.45) is 5.10 Å². The molecule has 112 valence electrons. The molecule has 0 bridgehead atoms. The molecule has 1 N–H and O–H groups in total. The fourth-order valence-corrected chi connectivity index (χ4v) is 3.03. The van der Waals surface area contributed by atoms with Crippen LogP contribution in [0.1, 0.15) is 16.0 Å². The largest absolute Gasteiger partial charge is 0.497 e. The van der Waals surface area contributed by atoms with Crippen LogP contribution in [0.15, 0.2) is 40.8 Å². The number of ether oxygens (including phenoxy) is 1. The van der Waals surface area contributed by atoms with Gasteiger partial charge >= 0.3 is 0 Å². The second kappa shape index (κ2) is 6.15. The van der Waals surface area contributed by atoms with Crippen LogP contribution in [-0.4, -0.2) is 18.3 Å². The zero-order valence-corrected chi connectivity index (χ0v) is 13.6. The van der Waals surface area contributed by atoms with Crippen molar-refractivity contribution in [1.29, 1.82) is 0 Å². The van der Waals surface area contributed by atoms with Crippen molar-refractivity contribution >= 4 is 34.3 Å².